The van der Waals surface area contributed by atoms with Gasteiger partial charge in [0.15, 0.2) is 0 Å². The van der Waals surface area contributed by atoms with Crippen LogP contribution in [0, 0.1) is 5.92 Å². The number of benzene rings is 1. The summed E-state index contributed by atoms with van der Waals surface area (Å²) in [7, 11) is 0. The van der Waals surface area contributed by atoms with Gasteiger partial charge in [-0.25, -0.2) is 4.79 Å². The highest BCUT2D eigenvalue weighted by molar-refractivity contribution is 5.99. The number of hydrogen-bond donors (Lipinski definition) is 3. The van der Waals surface area contributed by atoms with Crippen molar-refractivity contribution in [2.75, 3.05) is 0 Å². The molecule has 1 amide bonds. The summed E-state index contributed by atoms with van der Waals surface area (Å²) in [6.07, 6.45) is 0.608. The maximum Gasteiger partial charge on any atom is 0.352 e. The molecule has 0 radical (unpaired) electrons. The van der Waals surface area contributed by atoms with Gasteiger partial charge in [0.05, 0.1) is 18.1 Å². The van der Waals surface area contributed by atoms with Crippen LogP contribution in [0.5, 0.6) is 5.75 Å². The van der Waals surface area contributed by atoms with Crippen molar-refractivity contribution in [3.63, 3.8) is 0 Å². The molecule has 0 saturated carbocycles. The molecule has 1 aromatic carbocycles. The van der Waals surface area contributed by atoms with Gasteiger partial charge in [0.2, 0.25) is 5.91 Å². The smallest absolute Gasteiger partial charge is 0.352 e. The summed E-state index contributed by atoms with van der Waals surface area (Å²) in [5.41, 5.74) is 0.469. The second kappa shape index (κ2) is 4.60. The molecule has 2 aliphatic heterocycles. The number of amides is 1. The average molecular weight is 289 g/mol. The molecule has 0 spiro atoms. The summed E-state index contributed by atoms with van der Waals surface area (Å²) in [5, 5.41) is 29.0. The maximum atomic E-state index is 12.1. The van der Waals surface area contributed by atoms with E-state index in [0.29, 0.717) is 5.56 Å². The van der Waals surface area contributed by atoms with Gasteiger partial charge in [-0.05, 0) is 19.1 Å². The van der Waals surface area contributed by atoms with E-state index in [2.05, 4.69) is 0 Å². The van der Waals surface area contributed by atoms with Crippen LogP contribution >= 0.6 is 0 Å². The van der Waals surface area contributed by atoms with E-state index in [1.54, 1.807) is 18.2 Å². The number of carboxylic acids is 1. The van der Waals surface area contributed by atoms with E-state index in [4.69, 9.17) is 0 Å². The normalized spacial score (nSPS) is 28.7. The Hall–Kier alpha value is -2.34. The molecule has 21 heavy (non-hydrogen) atoms. The second-order valence-electron chi connectivity index (χ2n) is 5.41. The first-order valence-corrected chi connectivity index (χ1v) is 6.67. The first kappa shape index (κ1) is 13.6. The van der Waals surface area contributed by atoms with Crippen molar-refractivity contribution in [2.45, 2.75) is 25.0 Å². The number of aromatic hydroxyl groups is 1. The molecule has 2 heterocycles. The van der Waals surface area contributed by atoms with E-state index in [1.165, 1.54) is 24.0 Å². The number of hydrogen-bond acceptors (Lipinski definition) is 4. The molecule has 0 bridgehead atoms. The molecular weight excluding hydrogens is 274 g/mol. The summed E-state index contributed by atoms with van der Waals surface area (Å²) < 4.78 is 0. The van der Waals surface area contributed by atoms with Gasteiger partial charge in [-0.3, -0.25) is 4.79 Å². The Balaban J connectivity index is 2.05. The molecule has 1 saturated heterocycles. The van der Waals surface area contributed by atoms with Crippen molar-refractivity contribution >= 4 is 11.9 Å². The van der Waals surface area contributed by atoms with Gasteiger partial charge >= 0.3 is 5.97 Å². The summed E-state index contributed by atoms with van der Waals surface area (Å²) in [6, 6.07) is 6.16. The highest BCUT2D eigenvalue weighted by atomic mass is 16.4. The third-order valence-electron chi connectivity index (χ3n) is 4.19. The van der Waals surface area contributed by atoms with Crippen LogP contribution in [-0.2, 0) is 9.59 Å². The van der Waals surface area contributed by atoms with Crippen molar-refractivity contribution in [2.24, 2.45) is 5.92 Å². The number of aliphatic hydroxyl groups is 1. The minimum absolute atomic E-state index is 0.0500. The Morgan fingerprint density at radius 3 is 2.57 bits per heavy atom. The van der Waals surface area contributed by atoms with Crippen LogP contribution in [0.25, 0.3) is 0 Å². The number of rotatable bonds is 3. The molecule has 3 N–H and O–H groups in total. The fourth-order valence-electron chi connectivity index (χ4n) is 3.25. The summed E-state index contributed by atoms with van der Waals surface area (Å²) in [4.78, 5) is 24.6. The van der Waals surface area contributed by atoms with E-state index in [9.17, 15) is 24.9 Å². The molecule has 6 heteroatoms. The van der Waals surface area contributed by atoms with Crippen LogP contribution in [0.3, 0.4) is 0 Å². The van der Waals surface area contributed by atoms with Gasteiger partial charge in [-0.1, -0.05) is 18.2 Å². The number of phenolic OH excluding ortho intramolecular Hbond substituents is 1. The quantitative estimate of drug-likeness (QED) is 0.710. The zero-order chi connectivity index (χ0) is 15.3. The molecule has 0 aliphatic carbocycles. The molecule has 0 aromatic heterocycles. The average Bonchev–Trinajstić information content (AvgIpc) is 2.74. The SMILES string of the molecule is C[C@@H](O)[C@H]1C(=O)N2C(C(=O)O)=CC(c3ccccc3O)[C@H]12. The number of nitrogens with zero attached hydrogens (tertiary/aromatic N) is 1. The minimum atomic E-state index is -1.18. The number of aliphatic hydroxyl groups excluding tert-OH is 1. The Bertz CT molecular complexity index is 651. The lowest BCUT2D eigenvalue weighted by Crippen LogP contribution is -2.63. The van der Waals surface area contributed by atoms with Crippen molar-refractivity contribution in [1.82, 2.24) is 4.90 Å². The summed E-state index contributed by atoms with van der Waals surface area (Å²) in [6.45, 7) is 1.51. The lowest BCUT2D eigenvalue weighted by Gasteiger charge is -2.47. The number of carbonyl (C=O) groups excluding carboxylic acids is 1. The van der Waals surface area contributed by atoms with Gasteiger partial charge in [0.1, 0.15) is 11.4 Å². The number of fused-ring (bicyclic) bond motifs is 1. The highest BCUT2D eigenvalue weighted by Crippen LogP contribution is 2.49. The summed E-state index contributed by atoms with van der Waals surface area (Å²) in [5.74, 6) is -2.61. The fourth-order valence-corrected chi connectivity index (χ4v) is 3.25. The zero-order valence-corrected chi connectivity index (χ0v) is 11.3. The Morgan fingerprint density at radius 1 is 1.33 bits per heavy atom. The van der Waals surface area contributed by atoms with Crippen LogP contribution in [0.1, 0.15) is 18.4 Å². The number of β-lactam (4-membered cyclic amide) rings is 1. The third kappa shape index (κ3) is 1.83. The molecule has 4 atom stereocenters. The Labute approximate surface area is 120 Å². The maximum absolute atomic E-state index is 12.1. The monoisotopic (exact) mass is 289 g/mol. The number of phenols is 1. The Kier molecular flexibility index (Phi) is 2.98. The van der Waals surface area contributed by atoms with Crippen molar-refractivity contribution in [1.29, 1.82) is 0 Å². The Morgan fingerprint density at radius 2 is 2.00 bits per heavy atom. The largest absolute Gasteiger partial charge is 0.508 e. The van der Waals surface area contributed by atoms with Gasteiger partial charge in [-0.2, -0.15) is 0 Å². The number of para-hydroxylation sites is 1. The van der Waals surface area contributed by atoms with Gasteiger partial charge < -0.3 is 20.2 Å². The number of carbonyl (C=O) groups is 2. The molecule has 3 rings (SSSR count). The molecule has 6 nitrogen and oxygen atoms in total. The molecule has 1 unspecified atom stereocenters. The molecular formula is C15H15NO5. The molecule has 2 aliphatic rings. The number of carboxylic acid groups (broad SMARTS) is 1. The van der Waals surface area contributed by atoms with Gasteiger partial charge in [0.25, 0.3) is 0 Å². The van der Waals surface area contributed by atoms with Crippen LogP contribution in [-0.4, -0.2) is 44.2 Å². The number of aliphatic carboxylic acids is 1. The van der Waals surface area contributed by atoms with E-state index >= 15 is 0 Å². The van der Waals surface area contributed by atoms with E-state index in [1.807, 2.05) is 0 Å². The highest BCUT2D eigenvalue weighted by Gasteiger charge is 2.58. The third-order valence-corrected chi connectivity index (χ3v) is 4.19. The summed E-state index contributed by atoms with van der Waals surface area (Å²) >= 11 is 0. The van der Waals surface area contributed by atoms with E-state index in [0.717, 1.165) is 0 Å². The van der Waals surface area contributed by atoms with Crippen molar-refractivity contribution in [3.05, 3.63) is 41.6 Å². The predicted octanol–water partition coefficient (Wildman–Crippen LogP) is 0.666. The zero-order valence-electron chi connectivity index (χ0n) is 11.3. The molecule has 1 aromatic rings. The van der Waals surface area contributed by atoms with Crippen LogP contribution in [0.2, 0.25) is 0 Å². The molecule has 110 valence electrons. The van der Waals surface area contributed by atoms with Crippen molar-refractivity contribution < 1.29 is 24.9 Å². The first-order chi connectivity index (χ1) is 9.93. The predicted molar refractivity (Wildman–Crippen MR) is 72.4 cm³/mol. The fraction of sp³-hybridized carbons (Fsp3) is 0.333. The van der Waals surface area contributed by atoms with Crippen LogP contribution < -0.4 is 0 Å². The lowest BCUT2D eigenvalue weighted by atomic mass is 9.76. The van der Waals surface area contributed by atoms with E-state index < -0.39 is 30.0 Å². The first-order valence-electron chi connectivity index (χ1n) is 6.67. The second-order valence-corrected chi connectivity index (χ2v) is 5.41. The van der Waals surface area contributed by atoms with E-state index in [-0.39, 0.29) is 17.4 Å². The van der Waals surface area contributed by atoms with Gasteiger partial charge in [-0.15, -0.1) is 0 Å². The lowest BCUT2D eigenvalue weighted by molar-refractivity contribution is -0.162. The van der Waals surface area contributed by atoms with Crippen molar-refractivity contribution in [3.8, 4) is 5.75 Å². The standard InChI is InChI=1S/C15H15NO5/c1-7(17)12-13-9(8-4-2-3-5-11(8)18)6-10(15(20)21)16(13)14(12)19/h2-7,9,12-13,17-18H,1H3,(H,20,21)/t7-,9?,12-,13-/m1/s1. The minimum Gasteiger partial charge on any atom is -0.508 e. The topological polar surface area (TPSA) is 98.1 Å². The molecule has 1 fully saturated rings. The van der Waals surface area contributed by atoms with Crippen LogP contribution in [0.15, 0.2) is 36.0 Å². The van der Waals surface area contributed by atoms with Gasteiger partial charge in [0, 0.05) is 11.5 Å². The van der Waals surface area contributed by atoms with Crippen LogP contribution in [0.4, 0.5) is 0 Å².